The quantitative estimate of drug-likeness (QED) is 0.444. The first-order valence-electron chi connectivity index (χ1n) is 10.8. The molecule has 6 rings (SSSR count). The van der Waals surface area contributed by atoms with E-state index in [4.69, 9.17) is 9.97 Å². The zero-order valence-corrected chi connectivity index (χ0v) is 17.4. The molecule has 0 unspecified atom stereocenters. The highest BCUT2D eigenvalue weighted by Gasteiger charge is 2.19. The van der Waals surface area contributed by atoms with E-state index in [0.29, 0.717) is 0 Å². The van der Waals surface area contributed by atoms with Crippen molar-refractivity contribution in [1.82, 2.24) is 30.1 Å². The zero-order valence-electron chi connectivity index (χ0n) is 17.4. The fourth-order valence-corrected chi connectivity index (χ4v) is 4.49. The van der Waals surface area contributed by atoms with E-state index in [1.54, 1.807) is 6.20 Å². The predicted octanol–water partition coefficient (Wildman–Crippen LogP) is 4.86. The molecule has 5 aromatic rings. The van der Waals surface area contributed by atoms with Gasteiger partial charge >= 0.3 is 0 Å². The number of hydrogen-bond donors (Lipinski definition) is 2. The molecule has 0 spiro atoms. The van der Waals surface area contributed by atoms with Gasteiger partial charge in [-0.2, -0.15) is 5.10 Å². The molecule has 1 fully saturated rings. The van der Waals surface area contributed by atoms with Gasteiger partial charge < -0.3 is 9.88 Å². The second-order valence-electron chi connectivity index (χ2n) is 8.18. The Balaban J connectivity index is 1.47. The van der Waals surface area contributed by atoms with Crippen molar-refractivity contribution in [2.75, 3.05) is 18.0 Å². The molecule has 1 saturated heterocycles. The fraction of sp³-hybridized carbons (Fsp3) is 0.250. The molecule has 0 bridgehead atoms. The van der Waals surface area contributed by atoms with Crippen LogP contribution in [0.25, 0.3) is 44.6 Å². The number of aromatic amines is 2. The number of aromatic nitrogens is 6. The molecular formula is C24H23N7. The van der Waals surface area contributed by atoms with Gasteiger partial charge in [-0.15, -0.1) is 0 Å². The molecule has 154 valence electrons. The van der Waals surface area contributed by atoms with Crippen molar-refractivity contribution < 1.29 is 0 Å². The lowest BCUT2D eigenvalue weighted by Gasteiger charge is -2.28. The summed E-state index contributed by atoms with van der Waals surface area (Å²) >= 11 is 0. The molecule has 0 amide bonds. The number of nitrogens with one attached hydrogen (secondary N) is 2. The Hall–Kier alpha value is -3.74. The van der Waals surface area contributed by atoms with Crippen LogP contribution in [0.15, 0.2) is 48.9 Å². The minimum absolute atomic E-state index is 0.819. The Kier molecular flexibility index (Phi) is 4.19. The number of nitrogens with zero attached hydrogens (tertiary/aromatic N) is 5. The van der Waals surface area contributed by atoms with Gasteiger partial charge in [-0.1, -0.05) is 0 Å². The van der Waals surface area contributed by atoms with Crippen LogP contribution in [0.4, 0.5) is 5.82 Å². The largest absolute Gasteiger partial charge is 0.356 e. The molecule has 7 nitrogen and oxygen atoms in total. The van der Waals surface area contributed by atoms with E-state index in [1.165, 1.54) is 19.3 Å². The summed E-state index contributed by atoms with van der Waals surface area (Å²) in [5, 5.41) is 8.85. The summed E-state index contributed by atoms with van der Waals surface area (Å²) in [6.07, 6.45) is 9.30. The van der Waals surface area contributed by atoms with E-state index >= 15 is 0 Å². The normalized spacial score (nSPS) is 14.5. The summed E-state index contributed by atoms with van der Waals surface area (Å²) in [6.45, 7) is 4.20. The van der Waals surface area contributed by atoms with Crippen LogP contribution < -0.4 is 4.90 Å². The van der Waals surface area contributed by atoms with Gasteiger partial charge in [0.25, 0.3) is 0 Å². The topological polar surface area (TPSA) is 86.4 Å². The van der Waals surface area contributed by atoms with Gasteiger partial charge in [0, 0.05) is 42.6 Å². The van der Waals surface area contributed by atoms with Gasteiger partial charge in [-0.25, -0.2) is 9.97 Å². The lowest BCUT2D eigenvalue weighted by atomic mass is 10.1. The van der Waals surface area contributed by atoms with Crippen molar-refractivity contribution in [2.24, 2.45) is 0 Å². The van der Waals surface area contributed by atoms with Crippen LogP contribution in [0.2, 0.25) is 0 Å². The molecule has 1 aliphatic rings. The van der Waals surface area contributed by atoms with Gasteiger partial charge in [0.2, 0.25) is 0 Å². The van der Waals surface area contributed by atoms with Gasteiger partial charge in [-0.05, 0) is 62.1 Å². The molecule has 2 N–H and O–H groups in total. The molecule has 31 heavy (non-hydrogen) atoms. The average Bonchev–Trinajstić information content (AvgIpc) is 3.43. The monoisotopic (exact) mass is 409 g/mol. The third kappa shape index (κ3) is 3.04. The number of hydrogen-bond acceptors (Lipinski definition) is 5. The molecule has 0 saturated carbocycles. The molecule has 5 aromatic heterocycles. The molecule has 0 atom stereocenters. The lowest BCUT2D eigenvalue weighted by molar-refractivity contribution is 0.575. The maximum atomic E-state index is 4.95. The number of pyridine rings is 3. The van der Waals surface area contributed by atoms with E-state index in [0.717, 1.165) is 69.1 Å². The third-order valence-corrected chi connectivity index (χ3v) is 6.16. The molecule has 1 aliphatic heterocycles. The smallest absolute Gasteiger partial charge is 0.137 e. The van der Waals surface area contributed by atoms with E-state index in [-0.39, 0.29) is 0 Å². The summed E-state index contributed by atoms with van der Waals surface area (Å²) in [7, 11) is 0. The minimum Gasteiger partial charge on any atom is -0.356 e. The van der Waals surface area contributed by atoms with Gasteiger partial charge in [0.1, 0.15) is 17.0 Å². The van der Waals surface area contributed by atoms with E-state index < -0.39 is 0 Å². The Bertz CT molecular complexity index is 1390. The number of H-pyrrole nitrogens is 2. The van der Waals surface area contributed by atoms with E-state index in [1.807, 2.05) is 36.7 Å². The fourth-order valence-electron chi connectivity index (χ4n) is 4.49. The van der Waals surface area contributed by atoms with Gasteiger partial charge in [0.15, 0.2) is 0 Å². The number of piperidine rings is 1. The van der Waals surface area contributed by atoms with Crippen LogP contribution >= 0.6 is 0 Å². The first kappa shape index (κ1) is 18.1. The van der Waals surface area contributed by atoms with Crippen molar-refractivity contribution >= 4 is 27.8 Å². The number of anilines is 1. The lowest BCUT2D eigenvalue weighted by Crippen LogP contribution is -2.30. The molecule has 0 aromatic carbocycles. The SMILES string of the molecule is Cc1ccncc1-c1ccc2[nH]nc(-c3cc4c(N5CCCCC5)nccc4[nH]3)c2n1. The van der Waals surface area contributed by atoms with Crippen molar-refractivity contribution in [3.8, 4) is 22.6 Å². The van der Waals surface area contributed by atoms with Crippen LogP contribution in [0.1, 0.15) is 24.8 Å². The highest BCUT2D eigenvalue weighted by Crippen LogP contribution is 2.33. The number of aryl methyl sites for hydroxylation is 1. The summed E-state index contributed by atoms with van der Waals surface area (Å²) in [4.78, 5) is 19.9. The Morgan fingerprint density at radius 1 is 0.968 bits per heavy atom. The summed E-state index contributed by atoms with van der Waals surface area (Å²) in [5.41, 5.74) is 7.67. The first-order chi connectivity index (χ1) is 15.3. The van der Waals surface area contributed by atoms with Gasteiger partial charge in [-0.3, -0.25) is 10.1 Å². The standard InChI is InChI=1S/C24H23N7/c1-15-7-9-25-14-17(15)18-5-6-20-22(28-18)23(30-29-20)21-13-16-19(27-21)8-10-26-24(16)31-11-3-2-4-12-31/h5-10,13-14,27H,2-4,11-12H2,1H3,(H,29,30). The minimum atomic E-state index is 0.819. The Morgan fingerprint density at radius 2 is 1.87 bits per heavy atom. The summed E-state index contributed by atoms with van der Waals surface area (Å²) in [5.74, 6) is 1.05. The van der Waals surface area contributed by atoms with Crippen molar-refractivity contribution in [3.05, 3.63) is 54.5 Å². The molecule has 7 heteroatoms. The highest BCUT2D eigenvalue weighted by atomic mass is 15.2. The maximum Gasteiger partial charge on any atom is 0.137 e. The first-order valence-corrected chi connectivity index (χ1v) is 10.8. The van der Waals surface area contributed by atoms with Gasteiger partial charge in [0.05, 0.1) is 22.4 Å². The second kappa shape index (κ2) is 7.19. The highest BCUT2D eigenvalue weighted by molar-refractivity contribution is 5.98. The Morgan fingerprint density at radius 3 is 2.74 bits per heavy atom. The summed E-state index contributed by atoms with van der Waals surface area (Å²) in [6, 6.07) is 10.2. The number of rotatable bonds is 3. The van der Waals surface area contributed by atoms with Crippen molar-refractivity contribution in [2.45, 2.75) is 26.2 Å². The van der Waals surface area contributed by atoms with Crippen LogP contribution in [0.5, 0.6) is 0 Å². The molecule has 0 aliphatic carbocycles. The molecular weight excluding hydrogens is 386 g/mol. The summed E-state index contributed by atoms with van der Waals surface area (Å²) < 4.78 is 0. The second-order valence-corrected chi connectivity index (χ2v) is 8.18. The molecule has 0 radical (unpaired) electrons. The van der Waals surface area contributed by atoms with Crippen LogP contribution in [0, 0.1) is 6.92 Å². The zero-order chi connectivity index (χ0) is 20.8. The third-order valence-electron chi connectivity index (χ3n) is 6.16. The average molecular weight is 409 g/mol. The number of fused-ring (bicyclic) bond motifs is 2. The Labute approximate surface area is 179 Å². The van der Waals surface area contributed by atoms with E-state index in [2.05, 4.69) is 38.1 Å². The van der Waals surface area contributed by atoms with Crippen LogP contribution in [-0.4, -0.2) is 43.2 Å². The predicted molar refractivity (Wildman–Crippen MR) is 123 cm³/mol. The van der Waals surface area contributed by atoms with Crippen LogP contribution in [0.3, 0.4) is 0 Å². The van der Waals surface area contributed by atoms with E-state index in [9.17, 15) is 0 Å². The van der Waals surface area contributed by atoms with Crippen molar-refractivity contribution in [3.63, 3.8) is 0 Å². The molecule has 6 heterocycles. The van der Waals surface area contributed by atoms with Crippen LogP contribution in [-0.2, 0) is 0 Å². The van der Waals surface area contributed by atoms with Crippen molar-refractivity contribution in [1.29, 1.82) is 0 Å². The maximum absolute atomic E-state index is 4.95.